The molecule has 0 atom stereocenters. The predicted octanol–water partition coefficient (Wildman–Crippen LogP) is 1.69. The van der Waals surface area contributed by atoms with Crippen LogP contribution in [-0.4, -0.2) is 19.0 Å². The first kappa shape index (κ1) is 17.7. The fraction of sp³-hybridized carbons (Fsp3) is 0.111. The first-order valence-electron chi connectivity index (χ1n) is 7.58. The maximum atomic E-state index is 11.2. The van der Waals surface area contributed by atoms with E-state index in [-0.39, 0.29) is 0 Å². The number of hydrogen-bond donors (Lipinski definition) is 5. The molecule has 0 fully saturated rings. The molecule has 0 saturated heterocycles. The number of primary amides is 1. The number of nitrogens with one attached hydrogen (secondary N) is 2. The fourth-order valence-corrected chi connectivity index (χ4v) is 2.25. The lowest BCUT2D eigenvalue weighted by atomic mass is 10.1. The van der Waals surface area contributed by atoms with E-state index in [0.29, 0.717) is 41.3 Å². The van der Waals surface area contributed by atoms with Crippen LogP contribution in [0.3, 0.4) is 0 Å². The molecule has 2 rings (SSSR count). The molecule has 25 heavy (non-hydrogen) atoms. The second-order valence-electron chi connectivity index (χ2n) is 5.42. The van der Waals surface area contributed by atoms with E-state index in [4.69, 9.17) is 17.2 Å². The normalized spacial score (nSPS) is 9.88. The molecule has 0 heterocycles. The lowest BCUT2D eigenvalue weighted by Gasteiger charge is -2.13. The molecular formula is C18H20N6O. The summed E-state index contributed by atoms with van der Waals surface area (Å²) in [4.78, 5) is 11.2. The van der Waals surface area contributed by atoms with Gasteiger partial charge in [0, 0.05) is 24.4 Å². The number of hydrogen-bond acceptors (Lipinski definition) is 6. The van der Waals surface area contributed by atoms with Crippen molar-refractivity contribution >= 4 is 28.7 Å². The number of carbonyl (C=O) groups excluding carboxylic acids is 1. The van der Waals surface area contributed by atoms with Gasteiger partial charge < -0.3 is 27.8 Å². The molecule has 2 aromatic carbocycles. The van der Waals surface area contributed by atoms with Crippen molar-refractivity contribution < 1.29 is 4.79 Å². The molecule has 0 aliphatic heterocycles. The second kappa shape index (κ2) is 7.75. The summed E-state index contributed by atoms with van der Waals surface area (Å²) >= 11 is 0. The van der Waals surface area contributed by atoms with Crippen LogP contribution in [0.4, 0.5) is 17.1 Å². The molecule has 7 heteroatoms. The van der Waals surface area contributed by atoms with Crippen LogP contribution in [0, 0.1) is 11.3 Å². The molecule has 0 spiro atoms. The summed E-state index contributed by atoms with van der Waals surface area (Å²) in [5.41, 5.74) is 20.8. The molecule has 8 N–H and O–H groups in total. The maximum absolute atomic E-state index is 11.2. The van der Waals surface area contributed by atoms with E-state index in [1.54, 1.807) is 24.3 Å². The highest BCUT2D eigenvalue weighted by atomic mass is 16.1. The van der Waals surface area contributed by atoms with E-state index in [9.17, 15) is 10.1 Å². The van der Waals surface area contributed by atoms with E-state index in [1.165, 1.54) is 6.07 Å². The number of carbonyl (C=O) groups is 1. The number of nitrogen functional groups attached to an aromatic ring is 1. The van der Waals surface area contributed by atoms with Crippen LogP contribution in [-0.2, 0) is 0 Å². The third-order valence-corrected chi connectivity index (χ3v) is 3.60. The number of nitrogens with two attached hydrogens (primary N) is 3. The minimum Gasteiger partial charge on any atom is -0.399 e. The topological polar surface area (TPSA) is 143 Å². The highest BCUT2D eigenvalue weighted by molar-refractivity contribution is 5.93. The lowest BCUT2D eigenvalue weighted by Crippen LogP contribution is -2.16. The van der Waals surface area contributed by atoms with E-state index in [0.717, 1.165) is 11.3 Å². The smallest absolute Gasteiger partial charge is 0.248 e. The monoisotopic (exact) mass is 336 g/mol. The van der Waals surface area contributed by atoms with E-state index < -0.39 is 5.91 Å². The number of nitrogens with zero attached hydrogens (tertiary/aromatic N) is 1. The van der Waals surface area contributed by atoms with Crippen LogP contribution in [0.2, 0.25) is 0 Å². The Bertz CT molecular complexity index is 853. The Morgan fingerprint density at radius 1 is 1.04 bits per heavy atom. The molecule has 0 radical (unpaired) electrons. The summed E-state index contributed by atoms with van der Waals surface area (Å²) in [6.07, 6.45) is 0. The number of rotatable bonds is 7. The van der Waals surface area contributed by atoms with Crippen molar-refractivity contribution in [1.82, 2.24) is 0 Å². The number of amides is 1. The van der Waals surface area contributed by atoms with Crippen LogP contribution in [0.15, 0.2) is 43.0 Å². The summed E-state index contributed by atoms with van der Waals surface area (Å²) < 4.78 is 0. The van der Waals surface area contributed by atoms with Gasteiger partial charge in [-0.15, -0.1) is 0 Å². The standard InChI is InChI=1S/C18H20N6O/c1-11(20)12-2-4-15(21)17(9-12)24-7-6-23-16-5-3-13(18(22)25)8-14(16)10-19/h2-5,8-9,23-24H,1,6-7,20-21H2,(H2,22,25). The van der Waals surface area contributed by atoms with Gasteiger partial charge in [0.05, 0.1) is 22.6 Å². The van der Waals surface area contributed by atoms with Gasteiger partial charge in [-0.3, -0.25) is 4.79 Å². The van der Waals surface area contributed by atoms with Gasteiger partial charge in [-0.2, -0.15) is 5.26 Å². The van der Waals surface area contributed by atoms with Crippen molar-refractivity contribution in [2.75, 3.05) is 29.5 Å². The van der Waals surface area contributed by atoms with Crippen molar-refractivity contribution in [2.24, 2.45) is 11.5 Å². The SMILES string of the molecule is C=C(N)c1ccc(N)c(NCCNc2ccc(C(N)=O)cc2C#N)c1. The van der Waals surface area contributed by atoms with Crippen molar-refractivity contribution in [3.8, 4) is 6.07 Å². The highest BCUT2D eigenvalue weighted by Gasteiger charge is 2.07. The molecular weight excluding hydrogens is 316 g/mol. The molecule has 0 saturated carbocycles. The van der Waals surface area contributed by atoms with Gasteiger partial charge in [0.25, 0.3) is 0 Å². The molecule has 0 aliphatic rings. The number of nitriles is 1. The number of anilines is 3. The molecule has 1 amide bonds. The summed E-state index contributed by atoms with van der Waals surface area (Å²) in [6.45, 7) is 4.81. The van der Waals surface area contributed by atoms with E-state index in [2.05, 4.69) is 17.2 Å². The van der Waals surface area contributed by atoms with Crippen molar-refractivity contribution in [3.05, 3.63) is 59.7 Å². The largest absolute Gasteiger partial charge is 0.399 e. The highest BCUT2D eigenvalue weighted by Crippen LogP contribution is 2.22. The van der Waals surface area contributed by atoms with E-state index in [1.807, 2.05) is 12.1 Å². The quantitative estimate of drug-likeness (QED) is 0.384. The Kier molecular flexibility index (Phi) is 5.48. The van der Waals surface area contributed by atoms with Gasteiger partial charge in [-0.25, -0.2) is 0 Å². The van der Waals surface area contributed by atoms with Crippen molar-refractivity contribution in [1.29, 1.82) is 5.26 Å². The average molecular weight is 336 g/mol. The number of benzene rings is 2. The molecule has 7 nitrogen and oxygen atoms in total. The third kappa shape index (κ3) is 4.42. The zero-order chi connectivity index (χ0) is 18.4. The van der Waals surface area contributed by atoms with E-state index >= 15 is 0 Å². The summed E-state index contributed by atoms with van der Waals surface area (Å²) in [5.74, 6) is -0.568. The van der Waals surface area contributed by atoms with Crippen LogP contribution in [0.1, 0.15) is 21.5 Å². The first-order valence-corrected chi connectivity index (χ1v) is 7.58. The summed E-state index contributed by atoms with van der Waals surface area (Å²) in [7, 11) is 0. The molecule has 0 bridgehead atoms. The maximum Gasteiger partial charge on any atom is 0.248 e. The van der Waals surface area contributed by atoms with Gasteiger partial charge in [-0.05, 0) is 35.9 Å². The van der Waals surface area contributed by atoms with Gasteiger partial charge in [0.15, 0.2) is 0 Å². The summed E-state index contributed by atoms with van der Waals surface area (Å²) in [6, 6.07) is 12.1. The lowest BCUT2D eigenvalue weighted by molar-refractivity contribution is 0.100. The minimum absolute atomic E-state index is 0.298. The predicted molar refractivity (Wildman–Crippen MR) is 101 cm³/mol. The Morgan fingerprint density at radius 3 is 2.28 bits per heavy atom. The van der Waals surface area contributed by atoms with Gasteiger partial charge >= 0.3 is 0 Å². The van der Waals surface area contributed by atoms with Crippen LogP contribution in [0.25, 0.3) is 5.70 Å². The third-order valence-electron chi connectivity index (χ3n) is 3.60. The van der Waals surface area contributed by atoms with Crippen LogP contribution in [0.5, 0.6) is 0 Å². The average Bonchev–Trinajstić information content (AvgIpc) is 2.59. The summed E-state index contributed by atoms with van der Waals surface area (Å²) in [5, 5.41) is 15.5. The Labute approximate surface area is 146 Å². The van der Waals surface area contributed by atoms with Gasteiger partial charge in [0.1, 0.15) is 6.07 Å². The zero-order valence-corrected chi connectivity index (χ0v) is 13.7. The molecule has 2 aromatic rings. The molecule has 0 aliphatic carbocycles. The van der Waals surface area contributed by atoms with Gasteiger partial charge in [-0.1, -0.05) is 12.6 Å². The molecule has 0 aromatic heterocycles. The second-order valence-corrected chi connectivity index (χ2v) is 5.42. The minimum atomic E-state index is -0.568. The van der Waals surface area contributed by atoms with Crippen molar-refractivity contribution in [2.45, 2.75) is 0 Å². The van der Waals surface area contributed by atoms with Crippen LogP contribution < -0.4 is 27.8 Å². The molecule has 0 unspecified atom stereocenters. The Balaban J connectivity index is 1.98. The fourth-order valence-electron chi connectivity index (χ4n) is 2.25. The Hall–Kier alpha value is -3.66. The van der Waals surface area contributed by atoms with Crippen LogP contribution >= 0.6 is 0 Å². The van der Waals surface area contributed by atoms with Crippen molar-refractivity contribution in [3.63, 3.8) is 0 Å². The zero-order valence-electron chi connectivity index (χ0n) is 13.7. The Morgan fingerprint density at radius 2 is 1.68 bits per heavy atom. The first-order chi connectivity index (χ1) is 11.9. The molecule has 128 valence electrons. The van der Waals surface area contributed by atoms with Gasteiger partial charge in [0.2, 0.25) is 5.91 Å².